The van der Waals surface area contributed by atoms with E-state index < -0.39 is 16.1 Å². The van der Waals surface area contributed by atoms with Crippen molar-refractivity contribution in [3.63, 3.8) is 0 Å². The van der Waals surface area contributed by atoms with Gasteiger partial charge in [0.2, 0.25) is 10.0 Å². The molecule has 1 aromatic rings. The second-order valence-electron chi connectivity index (χ2n) is 4.73. The quantitative estimate of drug-likeness (QED) is 0.713. The molecule has 0 aliphatic rings. The highest BCUT2D eigenvalue weighted by molar-refractivity contribution is 7.89. The lowest BCUT2D eigenvalue weighted by Gasteiger charge is -2.18. The lowest BCUT2D eigenvalue weighted by Crippen LogP contribution is -2.41. The Morgan fingerprint density at radius 3 is 2.47 bits per heavy atom. The first kappa shape index (κ1) is 16.4. The summed E-state index contributed by atoms with van der Waals surface area (Å²) in [5, 5.41) is 9.29. The molecule has 0 radical (unpaired) electrons. The number of aliphatic hydroxyl groups excluding tert-OH is 1. The third-order valence-corrected chi connectivity index (χ3v) is 4.89. The van der Waals surface area contributed by atoms with Crippen molar-refractivity contribution in [2.75, 3.05) is 18.2 Å². The van der Waals surface area contributed by atoms with Gasteiger partial charge in [-0.15, -0.1) is 11.6 Å². The van der Waals surface area contributed by atoms with Crippen LogP contribution >= 0.6 is 11.6 Å². The smallest absolute Gasteiger partial charge is 0.212 e. The van der Waals surface area contributed by atoms with Gasteiger partial charge >= 0.3 is 0 Å². The Morgan fingerprint density at radius 1 is 1.32 bits per heavy atom. The fourth-order valence-electron chi connectivity index (χ4n) is 1.76. The van der Waals surface area contributed by atoms with Crippen molar-refractivity contribution in [3.8, 4) is 0 Å². The van der Waals surface area contributed by atoms with Crippen molar-refractivity contribution < 1.29 is 13.5 Å². The molecule has 4 nitrogen and oxygen atoms in total. The number of sulfonamides is 1. The van der Waals surface area contributed by atoms with Gasteiger partial charge in [0.05, 0.1) is 12.4 Å². The van der Waals surface area contributed by atoms with Gasteiger partial charge in [0.25, 0.3) is 0 Å². The van der Waals surface area contributed by atoms with Gasteiger partial charge in [-0.2, -0.15) is 0 Å². The normalized spacial score (nSPS) is 15.1. The van der Waals surface area contributed by atoms with E-state index in [4.69, 9.17) is 11.6 Å². The molecule has 0 spiro atoms. The number of hydrogen-bond donors (Lipinski definition) is 2. The summed E-state index contributed by atoms with van der Waals surface area (Å²) in [6.07, 6.45) is 0.464. The molecule has 2 N–H and O–H groups in total. The molecule has 1 rings (SSSR count). The fourth-order valence-corrected chi connectivity index (χ4v) is 3.63. The molecule has 0 saturated heterocycles. The van der Waals surface area contributed by atoms with E-state index in [1.54, 1.807) is 6.92 Å². The highest BCUT2D eigenvalue weighted by Gasteiger charge is 2.20. The van der Waals surface area contributed by atoms with Crippen LogP contribution in [0.5, 0.6) is 0 Å². The molecule has 19 heavy (non-hydrogen) atoms. The maximum absolute atomic E-state index is 11.9. The lowest BCUT2D eigenvalue weighted by atomic mass is 10.1. The SMILES string of the molecule is CC(CCl)CS(=O)(=O)NC(CO)Cc1ccccc1. The maximum Gasteiger partial charge on any atom is 0.212 e. The molecule has 0 amide bonds. The monoisotopic (exact) mass is 305 g/mol. The van der Waals surface area contributed by atoms with E-state index in [1.807, 2.05) is 30.3 Å². The molecule has 2 atom stereocenters. The van der Waals surface area contributed by atoms with Crippen molar-refractivity contribution >= 4 is 21.6 Å². The van der Waals surface area contributed by atoms with Crippen LogP contribution in [0.3, 0.4) is 0 Å². The first-order valence-corrected chi connectivity index (χ1v) is 8.36. The second kappa shape index (κ2) is 7.85. The summed E-state index contributed by atoms with van der Waals surface area (Å²) in [5.41, 5.74) is 0.981. The Kier molecular flexibility index (Phi) is 6.79. The molecule has 0 aliphatic heterocycles. The van der Waals surface area contributed by atoms with Crippen LogP contribution in [0.4, 0.5) is 0 Å². The van der Waals surface area contributed by atoms with Gasteiger partial charge in [0, 0.05) is 11.9 Å². The number of nitrogens with one attached hydrogen (secondary N) is 1. The van der Waals surface area contributed by atoms with Crippen LogP contribution in [-0.4, -0.2) is 37.8 Å². The summed E-state index contributed by atoms with van der Waals surface area (Å²) in [4.78, 5) is 0. The van der Waals surface area contributed by atoms with Crippen LogP contribution in [0.25, 0.3) is 0 Å². The van der Waals surface area contributed by atoms with Crippen molar-refractivity contribution in [3.05, 3.63) is 35.9 Å². The zero-order chi connectivity index (χ0) is 14.3. The average Bonchev–Trinajstić information content (AvgIpc) is 2.38. The molecule has 1 aromatic carbocycles. The molecule has 0 fully saturated rings. The molecular weight excluding hydrogens is 286 g/mol. The Morgan fingerprint density at radius 2 is 1.95 bits per heavy atom. The molecule has 0 aromatic heterocycles. The Labute approximate surface area is 119 Å². The Hall–Kier alpha value is -0.620. The number of alkyl halides is 1. The van der Waals surface area contributed by atoms with E-state index in [0.29, 0.717) is 12.3 Å². The van der Waals surface area contributed by atoms with Gasteiger partial charge in [-0.3, -0.25) is 0 Å². The van der Waals surface area contributed by atoms with Crippen LogP contribution in [0.15, 0.2) is 30.3 Å². The van der Waals surface area contributed by atoms with Crippen molar-refractivity contribution in [2.45, 2.75) is 19.4 Å². The zero-order valence-electron chi connectivity index (χ0n) is 10.9. The summed E-state index contributed by atoms with van der Waals surface area (Å²) in [6, 6.07) is 8.96. The summed E-state index contributed by atoms with van der Waals surface area (Å²) in [5.74, 6) is 0.154. The predicted molar refractivity (Wildman–Crippen MR) is 77.8 cm³/mol. The standard InChI is InChI=1S/C13H20ClNO3S/c1-11(8-14)10-19(17,18)15-13(9-16)7-12-5-3-2-4-6-12/h2-6,11,13,15-16H,7-10H2,1H3. The van der Waals surface area contributed by atoms with Crippen LogP contribution in [0.1, 0.15) is 12.5 Å². The third-order valence-electron chi connectivity index (χ3n) is 2.66. The Bertz CT molecular complexity index is 464. The number of rotatable bonds is 8. The number of benzene rings is 1. The lowest BCUT2D eigenvalue weighted by molar-refractivity contribution is 0.256. The van der Waals surface area contributed by atoms with Gasteiger partial charge in [-0.1, -0.05) is 37.3 Å². The summed E-state index contributed by atoms with van der Waals surface area (Å²) in [7, 11) is -3.42. The molecule has 0 bridgehead atoms. The molecule has 108 valence electrons. The van der Waals surface area contributed by atoms with Crippen LogP contribution in [-0.2, 0) is 16.4 Å². The van der Waals surface area contributed by atoms with Crippen molar-refractivity contribution in [1.29, 1.82) is 0 Å². The number of aliphatic hydroxyl groups is 1. The first-order valence-electron chi connectivity index (χ1n) is 6.17. The number of halogens is 1. The summed E-state index contributed by atoms with van der Waals surface area (Å²) in [6.45, 7) is 1.54. The number of hydrogen-bond acceptors (Lipinski definition) is 3. The van der Waals surface area contributed by atoms with Gasteiger partial charge in [0.1, 0.15) is 0 Å². The largest absolute Gasteiger partial charge is 0.395 e. The molecular formula is C13H20ClNO3S. The van der Waals surface area contributed by atoms with Crippen LogP contribution in [0.2, 0.25) is 0 Å². The van der Waals surface area contributed by atoms with Gasteiger partial charge in [-0.25, -0.2) is 13.1 Å². The third kappa shape index (κ3) is 6.38. The van der Waals surface area contributed by atoms with Gasteiger partial charge < -0.3 is 5.11 Å². The minimum Gasteiger partial charge on any atom is -0.395 e. The topological polar surface area (TPSA) is 66.4 Å². The maximum atomic E-state index is 11.9. The molecule has 2 unspecified atom stereocenters. The first-order chi connectivity index (χ1) is 8.96. The molecule has 6 heteroatoms. The van der Waals surface area contributed by atoms with Gasteiger partial charge in [0.15, 0.2) is 0 Å². The predicted octanol–water partition coefficient (Wildman–Crippen LogP) is 1.38. The van der Waals surface area contributed by atoms with Crippen molar-refractivity contribution in [1.82, 2.24) is 4.72 Å². The Balaban J connectivity index is 2.61. The minimum atomic E-state index is -3.42. The highest BCUT2D eigenvalue weighted by atomic mass is 35.5. The molecule has 0 saturated carbocycles. The molecule has 0 aliphatic carbocycles. The minimum absolute atomic E-state index is 0.0260. The fraction of sp³-hybridized carbons (Fsp3) is 0.538. The average molecular weight is 306 g/mol. The van der Waals surface area contributed by atoms with E-state index in [0.717, 1.165) is 5.56 Å². The van der Waals surface area contributed by atoms with Gasteiger partial charge in [-0.05, 0) is 17.9 Å². The van der Waals surface area contributed by atoms with Crippen LogP contribution < -0.4 is 4.72 Å². The summed E-state index contributed by atoms with van der Waals surface area (Å²) < 4.78 is 26.3. The molecule has 0 heterocycles. The zero-order valence-corrected chi connectivity index (χ0v) is 12.5. The van der Waals surface area contributed by atoms with Crippen molar-refractivity contribution in [2.24, 2.45) is 5.92 Å². The summed E-state index contributed by atoms with van der Waals surface area (Å²) >= 11 is 5.62. The van der Waals surface area contributed by atoms with E-state index in [1.165, 1.54) is 0 Å². The second-order valence-corrected chi connectivity index (χ2v) is 6.84. The van der Waals surface area contributed by atoms with E-state index >= 15 is 0 Å². The van der Waals surface area contributed by atoms with E-state index in [-0.39, 0.29) is 18.3 Å². The van der Waals surface area contributed by atoms with E-state index in [9.17, 15) is 13.5 Å². The highest BCUT2D eigenvalue weighted by Crippen LogP contribution is 2.06. The van der Waals surface area contributed by atoms with E-state index in [2.05, 4.69) is 4.72 Å². The van der Waals surface area contributed by atoms with Crippen LogP contribution in [0, 0.1) is 5.92 Å².